The smallest absolute Gasteiger partial charge is 0.0441 e. The third kappa shape index (κ3) is 3.23. The standard InChI is InChI=1S/C13H24N4/c1-12-4-5-13(2)17(12)14-6-7-16-10-8-15(3)9-11-16/h4-5,14H,6-11H2,1-3H3. The Balaban J connectivity index is 1.73. The Morgan fingerprint density at radius 2 is 1.65 bits per heavy atom. The van der Waals surface area contributed by atoms with Gasteiger partial charge in [0, 0.05) is 50.7 Å². The normalized spacial score (nSPS) is 18.5. The highest BCUT2D eigenvalue weighted by atomic mass is 15.4. The van der Waals surface area contributed by atoms with Crippen molar-refractivity contribution >= 4 is 0 Å². The summed E-state index contributed by atoms with van der Waals surface area (Å²) in [5.74, 6) is 0. The summed E-state index contributed by atoms with van der Waals surface area (Å²) in [6.07, 6.45) is 0. The minimum atomic E-state index is 1.01. The molecule has 0 aromatic carbocycles. The number of nitrogens with zero attached hydrogens (tertiary/aromatic N) is 3. The third-order valence-corrected chi connectivity index (χ3v) is 3.56. The van der Waals surface area contributed by atoms with Crippen molar-refractivity contribution < 1.29 is 0 Å². The van der Waals surface area contributed by atoms with Gasteiger partial charge in [-0.15, -0.1) is 0 Å². The van der Waals surface area contributed by atoms with E-state index < -0.39 is 0 Å². The zero-order valence-electron chi connectivity index (χ0n) is 11.2. The van der Waals surface area contributed by atoms with E-state index in [1.54, 1.807) is 0 Å². The number of nitrogens with one attached hydrogen (secondary N) is 1. The van der Waals surface area contributed by atoms with Crippen molar-refractivity contribution in [2.75, 3.05) is 51.7 Å². The molecule has 0 aliphatic carbocycles. The van der Waals surface area contributed by atoms with E-state index in [-0.39, 0.29) is 0 Å². The number of aryl methyl sites for hydroxylation is 2. The molecule has 1 aliphatic heterocycles. The largest absolute Gasteiger partial charge is 0.325 e. The van der Waals surface area contributed by atoms with E-state index in [4.69, 9.17) is 0 Å². The number of piperazine rings is 1. The van der Waals surface area contributed by atoms with Gasteiger partial charge in [0.2, 0.25) is 0 Å². The molecule has 0 unspecified atom stereocenters. The molecule has 0 saturated carbocycles. The van der Waals surface area contributed by atoms with Crippen LogP contribution in [0.2, 0.25) is 0 Å². The van der Waals surface area contributed by atoms with Crippen LogP contribution in [0, 0.1) is 13.8 Å². The van der Waals surface area contributed by atoms with Crippen LogP contribution in [0.5, 0.6) is 0 Å². The van der Waals surface area contributed by atoms with E-state index in [0.29, 0.717) is 0 Å². The Morgan fingerprint density at radius 3 is 2.24 bits per heavy atom. The van der Waals surface area contributed by atoms with E-state index in [9.17, 15) is 0 Å². The molecule has 17 heavy (non-hydrogen) atoms. The molecule has 4 heteroatoms. The molecular weight excluding hydrogens is 212 g/mol. The lowest BCUT2D eigenvalue weighted by Gasteiger charge is -2.32. The van der Waals surface area contributed by atoms with Crippen molar-refractivity contribution in [2.45, 2.75) is 13.8 Å². The summed E-state index contributed by atoms with van der Waals surface area (Å²) in [5.41, 5.74) is 6.04. The molecule has 0 radical (unpaired) electrons. The van der Waals surface area contributed by atoms with Crippen LogP contribution in [-0.4, -0.2) is 60.8 Å². The maximum absolute atomic E-state index is 3.48. The summed E-state index contributed by atoms with van der Waals surface area (Å²) in [6.45, 7) is 11.2. The summed E-state index contributed by atoms with van der Waals surface area (Å²) in [4.78, 5) is 4.92. The Kier molecular flexibility index (Phi) is 4.07. The topological polar surface area (TPSA) is 23.4 Å². The highest BCUT2D eigenvalue weighted by Crippen LogP contribution is 2.04. The van der Waals surface area contributed by atoms with Gasteiger partial charge < -0.3 is 10.3 Å². The van der Waals surface area contributed by atoms with Crippen molar-refractivity contribution in [3.8, 4) is 0 Å². The first kappa shape index (κ1) is 12.5. The molecule has 0 spiro atoms. The third-order valence-electron chi connectivity index (χ3n) is 3.56. The van der Waals surface area contributed by atoms with Gasteiger partial charge >= 0.3 is 0 Å². The molecule has 4 nitrogen and oxygen atoms in total. The van der Waals surface area contributed by atoms with Crippen molar-refractivity contribution in [3.63, 3.8) is 0 Å². The molecule has 0 atom stereocenters. The number of rotatable bonds is 4. The van der Waals surface area contributed by atoms with Crippen molar-refractivity contribution in [1.29, 1.82) is 0 Å². The molecule has 1 N–H and O–H groups in total. The zero-order chi connectivity index (χ0) is 12.3. The monoisotopic (exact) mass is 236 g/mol. The summed E-state index contributed by atoms with van der Waals surface area (Å²) in [6, 6.07) is 4.30. The molecule has 1 fully saturated rings. The van der Waals surface area contributed by atoms with E-state index >= 15 is 0 Å². The molecule has 0 bridgehead atoms. The minimum Gasteiger partial charge on any atom is -0.325 e. The fourth-order valence-corrected chi connectivity index (χ4v) is 2.31. The maximum Gasteiger partial charge on any atom is 0.0441 e. The summed E-state index contributed by atoms with van der Waals surface area (Å²) >= 11 is 0. The van der Waals surface area contributed by atoms with Crippen LogP contribution in [0.4, 0.5) is 0 Å². The molecule has 1 aromatic heterocycles. The van der Waals surface area contributed by atoms with Crippen LogP contribution < -0.4 is 5.43 Å². The highest BCUT2D eigenvalue weighted by Gasteiger charge is 2.12. The summed E-state index contributed by atoms with van der Waals surface area (Å²) < 4.78 is 2.18. The predicted molar refractivity (Wildman–Crippen MR) is 72.1 cm³/mol. The van der Waals surface area contributed by atoms with Crippen molar-refractivity contribution in [3.05, 3.63) is 23.5 Å². The molecule has 1 saturated heterocycles. The molecule has 1 aliphatic rings. The second-order valence-corrected chi connectivity index (χ2v) is 5.00. The van der Waals surface area contributed by atoms with Gasteiger partial charge in [-0.1, -0.05) is 0 Å². The second-order valence-electron chi connectivity index (χ2n) is 5.00. The number of hydrogen-bond acceptors (Lipinski definition) is 3. The molecule has 2 heterocycles. The van der Waals surface area contributed by atoms with Gasteiger partial charge in [-0.3, -0.25) is 9.58 Å². The first-order chi connectivity index (χ1) is 8.16. The van der Waals surface area contributed by atoms with Gasteiger partial charge in [-0.05, 0) is 33.0 Å². The summed E-state index contributed by atoms with van der Waals surface area (Å²) in [5, 5.41) is 0. The number of aromatic nitrogens is 1. The van der Waals surface area contributed by atoms with Crippen LogP contribution in [0.25, 0.3) is 0 Å². The summed E-state index contributed by atoms with van der Waals surface area (Å²) in [7, 11) is 2.20. The average Bonchev–Trinajstić information content (AvgIpc) is 2.63. The second kappa shape index (κ2) is 5.56. The zero-order valence-corrected chi connectivity index (χ0v) is 11.2. The predicted octanol–water partition coefficient (Wildman–Crippen LogP) is 0.896. The van der Waals surface area contributed by atoms with Crippen LogP contribution in [0.15, 0.2) is 12.1 Å². The van der Waals surface area contributed by atoms with E-state index in [0.717, 1.165) is 13.1 Å². The minimum absolute atomic E-state index is 1.01. The molecule has 0 amide bonds. The lowest BCUT2D eigenvalue weighted by molar-refractivity contribution is 0.158. The van der Waals surface area contributed by atoms with Gasteiger partial charge in [-0.2, -0.15) is 0 Å². The van der Waals surface area contributed by atoms with Crippen LogP contribution >= 0.6 is 0 Å². The van der Waals surface area contributed by atoms with Crippen LogP contribution in [-0.2, 0) is 0 Å². The van der Waals surface area contributed by atoms with E-state index in [2.05, 4.69) is 52.9 Å². The van der Waals surface area contributed by atoms with Gasteiger partial charge in [0.05, 0.1) is 0 Å². The lowest BCUT2D eigenvalue weighted by Crippen LogP contribution is -2.46. The van der Waals surface area contributed by atoms with E-state index in [1.807, 2.05) is 0 Å². The van der Waals surface area contributed by atoms with Crippen molar-refractivity contribution in [1.82, 2.24) is 14.5 Å². The number of hydrogen-bond donors (Lipinski definition) is 1. The average molecular weight is 236 g/mol. The maximum atomic E-state index is 3.48. The lowest BCUT2D eigenvalue weighted by atomic mass is 10.3. The van der Waals surface area contributed by atoms with Gasteiger partial charge in [0.1, 0.15) is 0 Å². The fourth-order valence-electron chi connectivity index (χ4n) is 2.31. The van der Waals surface area contributed by atoms with E-state index in [1.165, 1.54) is 37.6 Å². The van der Waals surface area contributed by atoms with Crippen LogP contribution in [0.1, 0.15) is 11.4 Å². The van der Waals surface area contributed by atoms with Crippen LogP contribution in [0.3, 0.4) is 0 Å². The van der Waals surface area contributed by atoms with Gasteiger partial charge in [0.25, 0.3) is 0 Å². The van der Waals surface area contributed by atoms with Gasteiger partial charge in [-0.25, -0.2) is 0 Å². The van der Waals surface area contributed by atoms with Gasteiger partial charge in [0.15, 0.2) is 0 Å². The highest BCUT2D eigenvalue weighted by molar-refractivity contribution is 5.15. The Hall–Kier alpha value is -1.00. The molecule has 2 rings (SSSR count). The van der Waals surface area contributed by atoms with Crippen molar-refractivity contribution in [2.24, 2.45) is 0 Å². The Morgan fingerprint density at radius 1 is 1.06 bits per heavy atom. The number of likely N-dealkylation sites (N-methyl/N-ethyl adjacent to an activating group) is 1. The Bertz CT molecular complexity index is 331. The molecule has 96 valence electrons. The molecular formula is C13H24N4. The SMILES string of the molecule is Cc1ccc(C)n1NCCN1CCN(C)CC1. The first-order valence-electron chi connectivity index (χ1n) is 6.46. The Labute approximate surface area is 104 Å². The molecule has 1 aromatic rings. The fraction of sp³-hybridized carbons (Fsp3) is 0.692. The first-order valence-corrected chi connectivity index (χ1v) is 6.46. The quantitative estimate of drug-likeness (QED) is 0.840.